The number of para-hydroxylation sites is 1. The number of methoxy groups -OCH3 is 1. The van der Waals surface area contributed by atoms with Crippen LogP contribution in [0.3, 0.4) is 0 Å². The molecule has 0 aliphatic heterocycles. The van der Waals surface area contributed by atoms with Crippen LogP contribution in [0.15, 0.2) is 34.7 Å². The molecule has 0 aliphatic carbocycles. The van der Waals surface area contributed by atoms with Gasteiger partial charge in [0.25, 0.3) is 0 Å². The van der Waals surface area contributed by atoms with Gasteiger partial charge in [0.1, 0.15) is 17.0 Å². The van der Waals surface area contributed by atoms with Crippen LogP contribution in [0.5, 0.6) is 0 Å². The van der Waals surface area contributed by atoms with E-state index in [2.05, 4.69) is 4.40 Å². The molecule has 2 atom stereocenters. The van der Waals surface area contributed by atoms with Gasteiger partial charge in [0, 0.05) is 0 Å². The van der Waals surface area contributed by atoms with Crippen LogP contribution < -0.4 is 5.06 Å². The van der Waals surface area contributed by atoms with E-state index in [4.69, 9.17) is 4.74 Å². The van der Waals surface area contributed by atoms with E-state index in [-0.39, 0.29) is 5.90 Å². The van der Waals surface area contributed by atoms with Crippen molar-refractivity contribution in [3.8, 4) is 0 Å². The molecule has 0 saturated carbocycles. The first-order valence-electron chi connectivity index (χ1n) is 7.39. The van der Waals surface area contributed by atoms with Gasteiger partial charge in [-0.1, -0.05) is 31.5 Å². The molecule has 1 aromatic carbocycles. The van der Waals surface area contributed by atoms with Crippen molar-refractivity contribution in [2.24, 2.45) is 4.40 Å². The van der Waals surface area contributed by atoms with E-state index < -0.39 is 21.8 Å². The zero-order valence-electron chi connectivity index (χ0n) is 13.9. The van der Waals surface area contributed by atoms with E-state index in [1.807, 2.05) is 45.9 Å². The van der Waals surface area contributed by atoms with E-state index in [0.717, 1.165) is 11.5 Å². The average Bonchev–Trinajstić information content (AvgIpc) is 2.49. The summed E-state index contributed by atoms with van der Waals surface area (Å²) in [5, 5.41) is 11.6. The molecule has 22 heavy (non-hydrogen) atoms. The van der Waals surface area contributed by atoms with Crippen LogP contribution in [0.25, 0.3) is 0 Å². The highest BCUT2D eigenvalue weighted by atomic mass is 32.2. The van der Waals surface area contributed by atoms with Crippen LogP contribution >= 0.6 is 0 Å². The highest BCUT2D eigenvalue weighted by Gasteiger charge is 2.27. The molecule has 0 spiro atoms. The Morgan fingerprint density at radius 2 is 1.95 bits per heavy atom. The van der Waals surface area contributed by atoms with Gasteiger partial charge in [-0.3, -0.25) is 5.21 Å². The number of benzene rings is 1. The molecule has 0 fully saturated rings. The first kappa shape index (κ1) is 18.6. The zero-order valence-corrected chi connectivity index (χ0v) is 14.8. The molecule has 0 heterocycles. The number of hydrogen-bond donors (Lipinski definition) is 1. The monoisotopic (exact) mass is 326 g/mol. The maximum absolute atomic E-state index is 12.2. The van der Waals surface area contributed by atoms with Crippen LogP contribution in [0.4, 0.5) is 5.69 Å². The van der Waals surface area contributed by atoms with Gasteiger partial charge >= 0.3 is 0 Å². The highest BCUT2D eigenvalue weighted by Crippen LogP contribution is 2.20. The third-order valence-electron chi connectivity index (χ3n) is 3.07. The van der Waals surface area contributed by atoms with Crippen LogP contribution in [0.2, 0.25) is 0 Å². The largest absolute Gasteiger partial charge is 0.482 e. The molecular weight excluding hydrogens is 300 g/mol. The van der Waals surface area contributed by atoms with Gasteiger partial charge in [0.15, 0.2) is 0 Å². The van der Waals surface area contributed by atoms with Gasteiger partial charge in [0.2, 0.25) is 5.90 Å². The van der Waals surface area contributed by atoms with Gasteiger partial charge in [0.05, 0.1) is 17.5 Å². The molecule has 1 aromatic rings. The summed E-state index contributed by atoms with van der Waals surface area (Å²) in [6.07, 6.45) is 1.47. The lowest BCUT2D eigenvalue weighted by Crippen LogP contribution is -2.40. The van der Waals surface area contributed by atoms with E-state index >= 15 is 0 Å². The van der Waals surface area contributed by atoms with E-state index in [0.29, 0.717) is 12.1 Å². The molecule has 124 valence electrons. The van der Waals surface area contributed by atoms with Gasteiger partial charge < -0.3 is 4.74 Å². The Morgan fingerprint density at radius 1 is 1.36 bits per heavy atom. The standard InChI is InChI=1S/C16H26N2O3S/c1-6-10-14(18(19)13-11-8-7-9-12-13)15(21-5)17-22(20)16(2,3)4/h7-9,11-12,14,19H,6,10H2,1-5H3/b17-15-/t14-,22?/m0/s1. The SMILES string of the molecule is CCC[C@@H](/C(=N/S(=O)C(C)(C)C)OC)N(O)c1ccccc1. The summed E-state index contributed by atoms with van der Waals surface area (Å²) in [5.41, 5.74) is 0.646. The summed E-state index contributed by atoms with van der Waals surface area (Å²) in [6.45, 7) is 7.56. The smallest absolute Gasteiger partial charge is 0.223 e. The summed E-state index contributed by atoms with van der Waals surface area (Å²) >= 11 is 0. The molecule has 5 nitrogen and oxygen atoms in total. The molecule has 0 bridgehead atoms. The molecule has 0 saturated heterocycles. The molecule has 1 N–H and O–H groups in total. The maximum atomic E-state index is 12.2. The Hall–Kier alpha value is -1.40. The number of ether oxygens (including phenoxy) is 1. The lowest BCUT2D eigenvalue weighted by Gasteiger charge is -2.28. The fourth-order valence-electron chi connectivity index (χ4n) is 1.84. The van der Waals surface area contributed by atoms with Crippen LogP contribution in [-0.2, 0) is 15.7 Å². The molecule has 0 amide bonds. The van der Waals surface area contributed by atoms with Crippen molar-refractivity contribution < 1.29 is 14.2 Å². The molecule has 6 heteroatoms. The normalized spacial score (nSPS) is 15.3. The third kappa shape index (κ3) is 5.10. The van der Waals surface area contributed by atoms with Crippen molar-refractivity contribution in [3.05, 3.63) is 30.3 Å². The molecule has 0 aliphatic rings. The Labute approximate surface area is 135 Å². The minimum Gasteiger partial charge on any atom is -0.482 e. The third-order valence-corrected chi connectivity index (χ3v) is 4.46. The lowest BCUT2D eigenvalue weighted by molar-refractivity contribution is 0.219. The number of nitrogens with zero attached hydrogens (tertiary/aromatic N) is 2. The summed E-state index contributed by atoms with van der Waals surface area (Å²) in [6, 6.07) is 8.71. The quantitative estimate of drug-likeness (QED) is 0.493. The Kier molecular flexibility index (Phi) is 7.03. The molecule has 0 radical (unpaired) electrons. The minimum atomic E-state index is -1.44. The van der Waals surface area contributed by atoms with E-state index in [9.17, 15) is 9.42 Å². The summed E-state index contributed by atoms with van der Waals surface area (Å²) in [4.78, 5) is 0. The van der Waals surface area contributed by atoms with Crippen molar-refractivity contribution in [2.45, 2.75) is 51.3 Å². The minimum absolute atomic E-state index is 0.279. The second-order valence-corrected chi connectivity index (χ2v) is 7.89. The van der Waals surface area contributed by atoms with Crippen molar-refractivity contribution in [3.63, 3.8) is 0 Å². The highest BCUT2D eigenvalue weighted by molar-refractivity contribution is 7.85. The van der Waals surface area contributed by atoms with Crippen molar-refractivity contribution in [1.29, 1.82) is 0 Å². The Balaban J connectivity index is 3.11. The van der Waals surface area contributed by atoms with Gasteiger partial charge in [-0.15, -0.1) is 0 Å². The van der Waals surface area contributed by atoms with Gasteiger partial charge in [-0.25, -0.2) is 9.27 Å². The summed E-state index contributed by atoms with van der Waals surface area (Å²) < 4.78 is 21.3. The van der Waals surface area contributed by atoms with E-state index in [1.54, 1.807) is 12.1 Å². The summed E-state index contributed by atoms with van der Waals surface area (Å²) in [7, 11) is 0.0471. The second kappa shape index (κ2) is 8.29. The van der Waals surface area contributed by atoms with Crippen molar-refractivity contribution >= 4 is 22.6 Å². The number of hydrogen-bond acceptors (Lipinski definition) is 4. The number of anilines is 1. The maximum Gasteiger partial charge on any atom is 0.223 e. The molecular formula is C16H26N2O3S. The Bertz CT molecular complexity index is 512. The van der Waals surface area contributed by atoms with Crippen molar-refractivity contribution in [2.75, 3.05) is 12.2 Å². The molecule has 1 unspecified atom stereocenters. The molecule has 1 rings (SSSR count). The van der Waals surface area contributed by atoms with Crippen LogP contribution in [-0.4, -0.2) is 33.2 Å². The van der Waals surface area contributed by atoms with Crippen LogP contribution in [0.1, 0.15) is 40.5 Å². The predicted octanol–water partition coefficient (Wildman–Crippen LogP) is 3.56. The fraction of sp³-hybridized carbons (Fsp3) is 0.562. The average molecular weight is 326 g/mol. The predicted molar refractivity (Wildman–Crippen MR) is 91.7 cm³/mol. The summed E-state index contributed by atoms with van der Waals surface area (Å²) in [5.74, 6) is 0.279. The van der Waals surface area contributed by atoms with E-state index in [1.165, 1.54) is 7.11 Å². The number of rotatable bonds is 6. The fourth-order valence-corrected chi connectivity index (χ4v) is 2.47. The Morgan fingerprint density at radius 3 is 2.41 bits per heavy atom. The first-order chi connectivity index (χ1) is 10.3. The second-order valence-electron chi connectivity index (χ2n) is 5.98. The van der Waals surface area contributed by atoms with Gasteiger partial charge in [-0.2, -0.15) is 4.40 Å². The topological polar surface area (TPSA) is 62.1 Å². The van der Waals surface area contributed by atoms with Gasteiger partial charge in [-0.05, 0) is 39.3 Å². The zero-order chi connectivity index (χ0) is 16.8. The van der Waals surface area contributed by atoms with Crippen LogP contribution in [0, 0.1) is 0 Å². The number of hydroxylamine groups is 1. The first-order valence-corrected chi connectivity index (χ1v) is 8.49. The van der Waals surface area contributed by atoms with Crippen molar-refractivity contribution in [1.82, 2.24) is 0 Å². The lowest BCUT2D eigenvalue weighted by atomic mass is 10.1. The molecule has 0 aromatic heterocycles.